The maximum absolute atomic E-state index is 13.1. The zero-order valence-corrected chi connectivity index (χ0v) is 18.4. The lowest BCUT2D eigenvalue weighted by Gasteiger charge is -2.26. The van der Waals surface area contributed by atoms with E-state index >= 15 is 0 Å². The summed E-state index contributed by atoms with van der Waals surface area (Å²) in [5.41, 5.74) is 3.95. The van der Waals surface area contributed by atoms with Crippen LogP contribution in [0.5, 0.6) is 0 Å². The maximum atomic E-state index is 13.1. The first-order chi connectivity index (χ1) is 15.3. The van der Waals surface area contributed by atoms with Crippen LogP contribution >= 0.6 is 11.3 Å². The number of morpholine rings is 1. The number of rotatable bonds is 8. The topological polar surface area (TPSA) is 41.6 Å². The standard InChI is InChI=1S/C26H28N2O2S/c29-26(27-13-5-14-28-15-17-30-18-16-28)25(20-24-8-4-19-31-24)23-11-9-22(10-12-23)21-6-2-1-3-7-21/h1-4,6-12,19-20H,5,13-18H2,(H,27,29)/b25-20+. The predicted molar refractivity (Wildman–Crippen MR) is 129 cm³/mol. The molecule has 0 spiro atoms. The summed E-state index contributed by atoms with van der Waals surface area (Å²) in [6.45, 7) is 5.22. The van der Waals surface area contributed by atoms with E-state index < -0.39 is 0 Å². The van der Waals surface area contributed by atoms with Crippen LogP contribution in [-0.4, -0.2) is 50.2 Å². The van der Waals surface area contributed by atoms with Crippen LogP contribution in [-0.2, 0) is 9.53 Å². The van der Waals surface area contributed by atoms with Crippen LogP contribution in [0.1, 0.15) is 16.9 Å². The Balaban J connectivity index is 1.43. The van der Waals surface area contributed by atoms with Crippen molar-refractivity contribution in [1.82, 2.24) is 10.2 Å². The summed E-state index contributed by atoms with van der Waals surface area (Å²) < 4.78 is 5.39. The second-order valence-electron chi connectivity index (χ2n) is 7.58. The van der Waals surface area contributed by atoms with Crippen molar-refractivity contribution in [2.45, 2.75) is 6.42 Å². The highest BCUT2D eigenvalue weighted by atomic mass is 32.1. The minimum absolute atomic E-state index is 0.0251. The van der Waals surface area contributed by atoms with Gasteiger partial charge < -0.3 is 10.1 Å². The second kappa shape index (κ2) is 11.0. The monoisotopic (exact) mass is 432 g/mol. The second-order valence-corrected chi connectivity index (χ2v) is 8.56. The lowest BCUT2D eigenvalue weighted by atomic mass is 9.99. The van der Waals surface area contributed by atoms with Gasteiger partial charge in [-0.1, -0.05) is 60.7 Å². The minimum Gasteiger partial charge on any atom is -0.379 e. The normalized spacial score (nSPS) is 15.0. The summed E-state index contributed by atoms with van der Waals surface area (Å²) in [5.74, 6) is -0.0251. The zero-order valence-electron chi connectivity index (χ0n) is 17.6. The molecule has 5 heteroatoms. The van der Waals surface area contributed by atoms with Crippen molar-refractivity contribution >= 4 is 28.9 Å². The molecule has 160 valence electrons. The lowest BCUT2D eigenvalue weighted by Crippen LogP contribution is -2.38. The molecule has 0 radical (unpaired) electrons. The first-order valence-corrected chi connectivity index (χ1v) is 11.7. The third-order valence-corrected chi connectivity index (χ3v) is 6.24. The molecule has 1 N–H and O–H groups in total. The van der Waals surface area contributed by atoms with Crippen molar-refractivity contribution in [2.24, 2.45) is 0 Å². The third-order valence-electron chi connectivity index (χ3n) is 5.42. The molecule has 0 bridgehead atoms. The molecule has 4 nitrogen and oxygen atoms in total. The number of hydrogen-bond donors (Lipinski definition) is 1. The first kappa shape index (κ1) is 21.5. The van der Waals surface area contributed by atoms with Gasteiger partial charge in [-0.3, -0.25) is 9.69 Å². The van der Waals surface area contributed by atoms with Gasteiger partial charge in [0.05, 0.1) is 13.2 Å². The third kappa shape index (κ3) is 6.14. The highest BCUT2D eigenvalue weighted by Gasteiger charge is 2.14. The molecular weight excluding hydrogens is 404 g/mol. The van der Waals surface area contributed by atoms with Gasteiger partial charge in [0.15, 0.2) is 0 Å². The van der Waals surface area contributed by atoms with Gasteiger partial charge in [0.25, 0.3) is 5.91 Å². The van der Waals surface area contributed by atoms with Gasteiger partial charge in [-0.2, -0.15) is 0 Å². The van der Waals surface area contributed by atoms with Crippen LogP contribution in [0.3, 0.4) is 0 Å². The van der Waals surface area contributed by atoms with Gasteiger partial charge in [0.1, 0.15) is 0 Å². The van der Waals surface area contributed by atoms with E-state index in [1.54, 1.807) is 11.3 Å². The number of ether oxygens (including phenoxy) is 1. The molecule has 1 saturated heterocycles. The van der Waals surface area contributed by atoms with E-state index in [1.165, 1.54) is 5.56 Å². The first-order valence-electron chi connectivity index (χ1n) is 10.8. The van der Waals surface area contributed by atoms with E-state index in [4.69, 9.17) is 4.74 Å². The number of amides is 1. The number of benzene rings is 2. The molecule has 3 aromatic rings. The molecule has 0 aliphatic carbocycles. The quantitative estimate of drug-likeness (QED) is 0.411. The number of nitrogens with zero attached hydrogens (tertiary/aromatic N) is 1. The van der Waals surface area contributed by atoms with E-state index in [-0.39, 0.29) is 5.91 Å². The maximum Gasteiger partial charge on any atom is 0.251 e. The van der Waals surface area contributed by atoms with E-state index in [0.717, 1.165) is 55.3 Å². The van der Waals surface area contributed by atoms with Crippen molar-refractivity contribution in [3.63, 3.8) is 0 Å². The fraction of sp³-hybridized carbons (Fsp3) is 0.269. The number of thiophene rings is 1. The van der Waals surface area contributed by atoms with Crippen molar-refractivity contribution in [2.75, 3.05) is 39.4 Å². The zero-order chi connectivity index (χ0) is 21.3. The van der Waals surface area contributed by atoms with Crippen LogP contribution in [0.4, 0.5) is 0 Å². The predicted octanol–water partition coefficient (Wildman–Crippen LogP) is 4.79. The van der Waals surface area contributed by atoms with Gasteiger partial charge in [0, 0.05) is 30.1 Å². The average Bonchev–Trinajstić information content (AvgIpc) is 3.35. The molecule has 0 atom stereocenters. The molecule has 0 unspecified atom stereocenters. The van der Waals surface area contributed by atoms with Gasteiger partial charge in [-0.25, -0.2) is 0 Å². The molecule has 4 rings (SSSR count). The van der Waals surface area contributed by atoms with Gasteiger partial charge >= 0.3 is 0 Å². The molecule has 1 amide bonds. The van der Waals surface area contributed by atoms with Crippen molar-refractivity contribution in [1.29, 1.82) is 0 Å². The molecule has 2 heterocycles. The Morgan fingerprint density at radius 1 is 0.968 bits per heavy atom. The Hall–Kier alpha value is -2.73. The summed E-state index contributed by atoms with van der Waals surface area (Å²) in [6.07, 6.45) is 2.92. The number of carbonyl (C=O) groups is 1. The summed E-state index contributed by atoms with van der Waals surface area (Å²) in [4.78, 5) is 16.5. The number of hydrogen-bond acceptors (Lipinski definition) is 4. The van der Waals surface area contributed by atoms with Gasteiger partial charge in [-0.15, -0.1) is 11.3 Å². The van der Waals surface area contributed by atoms with Crippen molar-refractivity contribution < 1.29 is 9.53 Å². The number of nitrogens with one attached hydrogen (secondary N) is 1. The van der Waals surface area contributed by atoms with E-state index in [9.17, 15) is 4.79 Å². The Labute approximate surface area is 188 Å². The summed E-state index contributed by atoms with van der Waals surface area (Å²) in [6, 6.07) is 22.6. The van der Waals surface area contributed by atoms with Crippen LogP contribution in [0.2, 0.25) is 0 Å². The molecule has 1 aliphatic rings. The highest BCUT2D eigenvalue weighted by Crippen LogP contribution is 2.25. The minimum atomic E-state index is -0.0251. The van der Waals surface area contributed by atoms with E-state index in [2.05, 4.69) is 34.5 Å². The highest BCUT2D eigenvalue weighted by molar-refractivity contribution is 7.11. The van der Waals surface area contributed by atoms with E-state index in [0.29, 0.717) is 12.1 Å². The van der Waals surface area contributed by atoms with Crippen LogP contribution < -0.4 is 5.32 Å². The van der Waals surface area contributed by atoms with Gasteiger partial charge in [0.2, 0.25) is 0 Å². The molecule has 1 fully saturated rings. The largest absolute Gasteiger partial charge is 0.379 e. The fourth-order valence-corrected chi connectivity index (χ4v) is 4.35. The molecular formula is C26H28N2O2S. The molecule has 2 aromatic carbocycles. The molecule has 1 aliphatic heterocycles. The Morgan fingerprint density at radius 3 is 2.42 bits per heavy atom. The van der Waals surface area contributed by atoms with Crippen LogP contribution in [0.15, 0.2) is 72.1 Å². The summed E-state index contributed by atoms with van der Waals surface area (Å²) in [7, 11) is 0. The number of carbonyl (C=O) groups excluding carboxylic acids is 1. The van der Waals surface area contributed by atoms with Gasteiger partial charge in [-0.05, 0) is 47.2 Å². The summed E-state index contributed by atoms with van der Waals surface area (Å²) >= 11 is 1.64. The fourth-order valence-electron chi connectivity index (χ4n) is 3.69. The van der Waals surface area contributed by atoms with E-state index in [1.807, 2.05) is 53.9 Å². The Bertz CT molecular complexity index is 976. The lowest BCUT2D eigenvalue weighted by molar-refractivity contribution is -0.115. The van der Waals surface area contributed by atoms with Crippen molar-refractivity contribution in [3.05, 3.63) is 82.6 Å². The van der Waals surface area contributed by atoms with Crippen LogP contribution in [0, 0.1) is 0 Å². The molecule has 1 aromatic heterocycles. The Kier molecular flexibility index (Phi) is 7.66. The average molecular weight is 433 g/mol. The van der Waals surface area contributed by atoms with Crippen LogP contribution in [0.25, 0.3) is 22.8 Å². The van der Waals surface area contributed by atoms with Crippen molar-refractivity contribution in [3.8, 4) is 11.1 Å². The summed E-state index contributed by atoms with van der Waals surface area (Å²) in [5, 5.41) is 5.15. The molecule has 0 saturated carbocycles. The molecule has 31 heavy (non-hydrogen) atoms. The smallest absolute Gasteiger partial charge is 0.251 e. The Morgan fingerprint density at radius 2 is 1.71 bits per heavy atom. The SMILES string of the molecule is O=C(NCCCN1CCOCC1)/C(=C/c1cccs1)c1ccc(-c2ccccc2)cc1.